The highest BCUT2D eigenvalue weighted by molar-refractivity contribution is 7.63. The first-order valence-corrected chi connectivity index (χ1v) is 5.41. The minimum atomic E-state index is -0.0900. The Hall–Kier alpha value is -0.490. The molecule has 3 heteroatoms. The minimum Gasteiger partial charge on any atom is -0.159 e. The van der Waals surface area contributed by atoms with Crippen LogP contribution in [-0.4, -0.2) is 23.5 Å². The fourth-order valence-corrected chi connectivity index (χ4v) is 1.84. The number of aromatic nitrogens is 2. The van der Waals surface area contributed by atoms with Crippen molar-refractivity contribution in [3.05, 3.63) is 17.8 Å². The molecule has 1 aromatic heterocycles. The Morgan fingerprint density at radius 3 is 2.50 bits per heavy atom. The van der Waals surface area contributed by atoms with E-state index in [4.69, 9.17) is 0 Å². The largest absolute Gasteiger partial charge is 0.159 e. The summed E-state index contributed by atoms with van der Waals surface area (Å²) in [7, 11) is -0.0900. The second-order valence-corrected chi connectivity index (χ2v) is 4.64. The topological polar surface area (TPSA) is 25.8 Å². The molecular weight excluding hydrogens is 143 g/mol. The van der Waals surface area contributed by atoms with Gasteiger partial charge in [0.1, 0.15) is 0 Å². The van der Waals surface area contributed by atoms with Gasteiger partial charge < -0.3 is 0 Å². The molecule has 2 nitrogen and oxygen atoms in total. The summed E-state index contributed by atoms with van der Waals surface area (Å²) in [5.74, 6) is 0. The quantitative estimate of drug-likeness (QED) is 0.567. The lowest BCUT2D eigenvalue weighted by atomic mass is 10.4. The van der Waals surface area contributed by atoms with Crippen LogP contribution in [-0.2, 0) is 0 Å². The summed E-state index contributed by atoms with van der Waals surface area (Å²) in [4.78, 5) is 0. The molecule has 0 saturated carbocycles. The van der Waals surface area contributed by atoms with E-state index in [2.05, 4.69) is 30.5 Å². The Balaban J connectivity index is 3.03. The van der Waals surface area contributed by atoms with E-state index in [1.165, 1.54) is 5.56 Å². The van der Waals surface area contributed by atoms with E-state index in [-0.39, 0.29) is 7.92 Å². The maximum atomic E-state index is 4.06. The predicted molar refractivity (Wildman–Crippen MR) is 45.2 cm³/mol. The average Bonchev–Trinajstić information content (AvgIpc) is 1.88. The molecule has 1 heterocycles. The van der Waals surface area contributed by atoms with Gasteiger partial charge in [0.25, 0.3) is 0 Å². The zero-order valence-corrected chi connectivity index (χ0v) is 7.39. The summed E-state index contributed by atoms with van der Waals surface area (Å²) in [6.45, 7) is 6.45. The van der Waals surface area contributed by atoms with Crippen LogP contribution in [0.15, 0.2) is 12.3 Å². The second-order valence-electron chi connectivity index (χ2n) is 2.43. The van der Waals surface area contributed by atoms with E-state index in [1.54, 1.807) is 6.20 Å². The monoisotopic (exact) mass is 154 g/mol. The standard InChI is InChI=1S/C7H11N2P/c1-6-4-5-8-9-7(6)10(2)3/h4-5H,1-3H3. The molecule has 0 atom stereocenters. The van der Waals surface area contributed by atoms with Crippen LogP contribution in [0.25, 0.3) is 0 Å². The molecule has 0 aromatic carbocycles. The van der Waals surface area contributed by atoms with Gasteiger partial charge in [0.05, 0.1) is 5.44 Å². The molecule has 0 bridgehead atoms. The minimum absolute atomic E-state index is 0.0900. The molecule has 10 heavy (non-hydrogen) atoms. The molecule has 0 amide bonds. The van der Waals surface area contributed by atoms with Gasteiger partial charge in [-0.3, -0.25) is 0 Å². The van der Waals surface area contributed by atoms with Gasteiger partial charge >= 0.3 is 0 Å². The number of hydrogen-bond donors (Lipinski definition) is 0. The first-order chi connectivity index (χ1) is 4.72. The zero-order valence-electron chi connectivity index (χ0n) is 6.50. The van der Waals surface area contributed by atoms with Crippen molar-refractivity contribution >= 4 is 13.4 Å². The van der Waals surface area contributed by atoms with Crippen LogP contribution in [0.3, 0.4) is 0 Å². The summed E-state index contributed by atoms with van der Waals surface area (Å²) < 4.78 is 0. The first-order valence-electron chi connectivity index (χ1n) is 3.17. The maximum Gasteiger partial charge on any atom is 0.0880 e. The highest BCUT2D eigenvalue weighted by Crippen LogP contribution is 2.22. The molecule has 0 spiro atoms. The first kappa shape index (κ1) is 7.62. The summed E-state index contributed by atoms with van der Waals surface area (Å²) >= 11 is 0. The molecule has 0 aliphatic rings. The summed E-state index contributed by atoms with van der Waals surface area (Å²) in [6.07, 6.45) is 1.73. The predicted octanol–water partition coefficient (Wildman–Crippen LogP) is 1.15. The smallest absolute Gasteiger partial charge is 0.0880 e. The number of nitrogens with zero attached hydrogens (tertiary/aromatic N) is 2. The van der Waals surface area contributed by atoms with Crippen LogP contribution in [0.1, 0.15) is 5.56 Å². The van der Waals surface area contributed by atoms with Crippen LogP contribution in [0.2, 0.25) is 0 Å². The van der Waals surface area contributed by atoms with Crippen LogP contribution in [0, 0.1) is 6.92 Å². The highest BCUT2D eigenvalue weighted by Gasteiger charge is 2.02. The van der Waals surface area contributed by atoms with E-state index < -0.39 is 0 Å². The van der Waals surface area contributed by atoms with Gasteiger partial charge in [0, 0.05) is 6.20 Å². The van der Waals surface area contributed by atoms with Gasteiger partial charge in [-0.05, 0) is 31.9 Å². The molecule has 0 radical (unpaired) electrons. The van der Waals surface area contributed by atoms with Crippen molar-refractivity contribution in [2.45, 2.75) is 6.92 Å². The molecule has 0 fully saturated rings. The van der Waals surface area contributed by atoms with Crippen LogP contribution >= 0.6 is 7.92 Å². The van der Waals surface area contributed by atoms with Crippen molar-refractivity contribution in [1.82, 2.24) is 10.2 Å². The Morgan fingerprint density at radius 1 is 1.40 bits per heavy atom. The molecule has 0 unspecified atom stereocenters. The summed E-state index contributed by atoms with van der Waals surface area (Å²) in [5.41, 5.74) is 2.42. The van der Waals surface area contributed by atoms with Crippen LogP contribution < -0.4 is 5.44 Å². The Morgan fingerprint density at radius 2 is 2.10 bits per heavy atom. The molecule has 0 saturated heterocycles. The molecule has 1 rings (SSSR count). The average molecular weight is 154 g/mol. The van der Waals surface area contributed by atoms with Crippen molar-refractivity contribution in [1.29, 1.82) is 0 Å². The number of rotatable bonds is 1. The molecule has 0 aliphatic heterocycles. The van der Waals surface area contributed by atoms with Crippen molar-refractivity contribution in [2.24, 2.45) is 0 Å². The van der Waals surface area contributed by atoms with Gasteiger partial charge in [-0.1, -0.05) is 7.92 Å². The zero-order chi connectivity index (χ0) is 7.56. The lowest BCUT2D eigenvalue weighted by Gasteiger charge is -2.05. The number of aryl methyl sites for hydroxylation is 1. The Bertz CT molecular complexity index is 223. The molecule has 54 valence electrons. The van der Waals surface area contributed by atoms with Crippen LogP contribution in [0.4, 0.5) is 0 Å². The Labute approximate surface area is 62.4 Å². The Kier molecular flexibility index (Phi) is 2.34. The van der Waals surface area contributed by atoms with Gasteiger partial charge in [0.15, 0.2) is 0 Å². The number of hydrogen-bond acceptors (Lipinski definition) is 2. The highest BCUT2D eigenvalue weighted by atomic mass is 31.1. The van der Waals surface area contributed by atoms with E-state index in [9.17, 15) is 0 Å². The molecule has 1 aromatic rings. The van der Waals surface area contributed by atoms with Crippen molar-refractivity contribution in [3.63, 3.8) is 0 Å². The fraction of sp³-hybridized carbons (Fsp3) is 0.429. The maximum absolute atomic E-state index is 4.06. The normalized spacial score (nSPS) is 10.4. The van der Waals surface area contributed by atoms with Crippen molar-refractivity contribution in [3.8, 4) is 0 Å². The third-order valence-corrected chi connectivity index (χ3v) is 2.61. The molecule has 0 aliphatic carbocycles. The second kappa shape index (κ2) is 3.07. The summed E-state index contributed by atoms with van der Waals surface area (Å²) in [5, 5.41) is 7.89. The lowest BCUT2D eigenvalue weighted by Crippen LogP contribution is -2.10. The fourth-order valence-electron chi connectivity index (χ4n) is 0.829. The van der Waals surface area contributed by atoms with Crippen molar-refractivity contribution in [2.75, 3.05) is 13.3 Å². The van der Waals surface area contributed by atoms with Gasteiger partial charge in [-0.2, -0.15) is 10.2 Å². The summed E-state index contributed by atoms with van der Waals surface area (Å²) in [6, 6.07) is 2.00. The molecular formula is C7H11N2P. The van der Waals surface area contributed by atoms with E-state index in [0.29, 0.717) is 0 Å². The SMILES string of the molecule is Cc1ccnnc1P(C)C. The van der Waals surface area contributed by atoms with Crippen LogP contribution in [0.5, 0.6) is 0 Å². The van der Waals surface area contributed by atoms with Crippen molar-refractivity contribution < 1.29 is 0 Å². The van der Waals surface area contributed by atoms with Gasteiger partial charge in [-0.15, -0.1) is 0 Å². The van der Waals surface area contributed by atoms with Gasteiger partial charge in [0.2, 0.25) is 0 Å². The molecule has 0 N–H and O–H groups in total. The third-order valence-electron chi connectivity index (χ3n) is 1.32. The third kappa shape index (κ3) is 1.51. The van der Waals surface area contributed by atoms with E-state index in [0.717, 1.165) is 5.44 Å². The lowest BCUT2D eigenvalue weighted by molar-refractivity contribution is 1.05. The van der Waals surface area contributed by atoms with Gasteiger partial charge in [-0.25, -0.2) is 0 Å². The van der Waals surface area contributed by atoms with E-state index >= 15 is 0 Å². The van der Waals surface area contributed by atoms with E-state index in [1.807, 2.05) is 6.07 Å².